The normalized spacial score (nSPS) is 10.7. The van der Waals surface area contributed by atoms with Crippen LogP contribution in [0.3, 0.4) is 0 Å². The van der Waals surface area contributed by atoms with Crippen molar-refractivity contribution >= 4 is 5.78 Å². The van der Waals surface area contributed by atoms with Gasteiger partial charge in [-0.2, -0.15) is 0 Å². The molecular formula is C7H10O2. The minimum atomic E-state index is -0.181. The summed E-state index contributed by atoms with van der Waals surface area (Å²) in [5.74, 6) is 0.157. The number of hydrogen-bond donors (Lipinski definition) is 0. The van der Waals surface area contributed by atoms with Crippen molar-refractivity contribution in [3.05, 3.63) is 24.5 Å². The number of methoxy groups -OCH3 is 1. The summed E-state index contributed by atoms with van der Waals surface area (Å²) in [6.07, 6.45) is 2.82. The zero-order chi connectivity index (χ0) is 7.28. The van der Waals surface area contributed by atoms with E-state index in [2.05, 4.69) is 6.58 Å². The molecule has 0 radical (unpaired) electrons. The number of carbonyl (C=O) groups is 1. The number of rotatable bonds is 3. The Bertz CT molecular complexity index is 145. The molecule has 0 atom stereocenters. The molecule has 0 aromatic heterocycles. The fourth-order valence-corrected chi connectivity index (χ4v) is 0.461. The summed E-state index contributed by atoms with van der Waals surface area (Å²) in [5.41, 5.74) is 0. The molecule has 0 fully saturated rings. The summed E-state index contributed by atoms with van der Waals surface area (Å²) in [4.78, 5) is 10.7. The maximum atomic E-state index is 10.7. The van der Waals surface area contributed by atoms with Crippen molar-refractivity contribution in [2.75, 3.05) is 7.11 Å². The van der Waals surface area contributed by atoms with Gasteiger partial charge in [-0.3, -0.25) is 4.79 Å². The Morgan fingerprint density at radius 1 is 1.67 bits per heavy atom. The molecule has 0 aliphatic rings. The van der Waals surface area contributed by atoms with Crippen molar-refractivity contribution in [1.82, 2.24) is 0 Å². The van der Waals surface area contributed by atoms with Crippen LogP contribution in [0.5, 0.6) is 0 Å². The Labute approximate surface area is 54.8 Å². The van der Waals surface area contributed by atoms with Gasteiger partial charge >= 0.3 is 0 Å². The van der Waals surface area contributed by atoms with Crippen LogP contribution in [0.2, 0.25) is 0 Å². The standard InChI is InChI=1S/C7H10O2/c1-4-6(8)7(5-2)9-3/h4-5H,1H2,2-3H3/b7-5+. The van der Waals surface area contributed by atoms with Crippen LogP contribution in [0.15, 0.2) is 24.5 Å². The summed E-state index contributed by atoms with van der Waals surface area (Å²) < 4.78 is 4.69. The molecule has 0 rings (SSSR count). The Morgan fingerprint density at radius 3 is 2.33 bits per heavy atom. The first-order valence-corrected chi connectivity index (χ1v) is 2.63. The average Bonchev–Trinajstić information content (AvgIpc) is 1.90. The molecule has 0 amide bonds. The van der Waals surface area contributed by atoms with E-state index in [0.717, 1.165) is 0 Å². The van der Waals surface area contributed by atoms with Gasteiger partial charge < -0.3 is 4.74 Å². The fraction of sp³-hybridized carbons (Fsp3) is 0.286. The minimum absolute atomic E-state index is 0.181. The second-order valence-corrected chi connectivity index (χ2v) is 1.43. The summed E-state index contributed by atoms with van der Waals surface area (Å²) in [5, 5.41) is 0. The van der Waals surface area contributed by atoms with E-state index in [1.807, 2.05) is 0 Å². The van der Waals surface area contributed by atoms with Gasteiger partial charge in [0.05, 0.1) is 7.11 Å². The third kappa shape index (κ3) is 2.13. The Kier molecular flexibility index (Phi) is 3.44. The van der Waals surface area contributed by atoms with E-state index in [4.69, 9.17) is 4.74 Å². The SMILES string of the molecule is C=CC(=O)/C(=C\C)OC. The Balaban J connectivity index is 4.13. The first-order chi connectivity index (χ1) is 4.26. The molecule has 0 aliphatic heterocycles. The Morgan fingerprint density at radius 2 is 2.22 bits per heavy atom. The summed E-state index contributed by atoms with van der Waals surface area (Å²) in [7, 11) is 1.46. The van der Waals surface area contributed by atoms with E-state index in [0.29, 0.717) is 5.76 Å². The zero-order valence-corrected chi connectivity index (χ0v) is 5.68. The van der Waals surface area contributed by atoms with Gasteiger partial charge in [0.2, 0.25) is 5.78 Å². The largest absolute Gasteiger partial charge is 0.493 e. The molecule has 0 heterocycles. The molecule has 0 aliphatic carbocycles. The van der Waals surface area contributed by atoms with Crippen LogP contribution < -0.4 is 0 Å². The lowest BCUT2D eigenvalue weighted by molar-refractivity contribution is -0.114. The van der Waals surface area contributed by atoms with E-state index in [1.165, 1.54) is 13.2 Å². The molecule has 0 aromatic rings. The van der Waals surface area contributed by atoms with Crippen molar-refractivity contribution in [2.45, 2.75) is 6.92 Å². The number of hydrogen-bond acceptors (Lipinski definition) is 2. The highest BCUT2D eigenvalue weighted by Crippen LogP contribution is 1.96. The number of allylic oxidation sites excluding steroid dienone is 2. The molecule has 2 heteroatoms. The predicted octanol–water partition coefficient (Wildman–Crippen LogP) is 1.29. The molecule has 0 spiro atoms. The monoisotopic (exact) mass is 126 g/mol. The van der Waals surface area contributed by atoms with Crippen molar-refractivity contribution < 1.29 is 9.53 Å². The van der Waals surface area contributed by atoms with Crippen LogP contribution in [-0.2, 0) is 9.53 Å². The van der Waals surface area contributed by atoms with Crippen molar-refractivity contribution in [3.8, 4) is 0 Å². The average molecular weight is 126 g/mol. The second kappa shape index (κ2) is 3.89. The fourth-order valence-electron chi connectivity index (χ4n) is 0.461. The molecule has 50 valence electrons. The first-order valence-electron chi connectivity index (χ1n) is 2.63. The number of carbonyl (C=O) groups excluding carboxylic acids is 1. The third-order valence-electron chi connectivity index (χ3n) is 0.910. The van der Waals surface area contributed by atoms with Gasteiger partial charge in [-0.25, -0.2) is 0 Å². The predicted molar refractivity (Wildman–Crippen MR) is 36.0 cm³/mol. The summed E-state index contributed by atoms with van der Waals surface area (Å²) >= 11 is 0. The Hall–Kier alpha value is -1.05. The van der Waals surface area contributed by atoms with E-state index < -0.39 is 0 Å². The molecule has 0 saturated heterocycles. The highest BCUT2D eigenvalue weighted by Gasteiger charge is 2.00. The van der Waals surface area contributed by atoms with Gasteiger partial charge in [0.1, 0.15) is 0 Å². The van der Waals surface area contributed by atoms with Crippen LogP contribution in [-0.4, -0.2) is 12.9 Å². The quantitative estimate of drug-likeness (QED) is 0.420. The first kappa shape index (κ1) is 7.95. The second-order valence-electron chi connectivity index (χ2n) is 1.43. The molecule has 9 heavy (non-hydrogen) atoms. The van der Waals surface area contributed by atoms with Gasteiger partial charge in [0, 0.05) is 0 Å². The smallest absolute Gasteiger partial charge is 0.219 e. The lowest BCUT2D eigenvalue weighted by atomic mass is 10.3. The van der Waals surface area contributed by atoms with Crippen molar-refractivity contribution in [1.29, 1.82) is 0 Å². The van der Waals surface area contributed by atoms with Gasteiger partial charge in [0.15, 0.2) is 5.76 Å². The summed E-state index contributed by atoms with van der Waals surface area (Å²) in [6.45, 7) is 5.04. The minimum Gasteiger partial charge on any atom is -0.493 e. The molecule has 0 aromatic carbocycles. The number of ketones is 1. The zero-order valence-electron chi connectivity index (χ0n) is 5.68. The van der Waals surface area contributed by atoms with E-state index in [9.17, 15) is 4.79 Å². The lowest BCUT2D eigenvalue weighted by Crippen LogP contribution is -1.98. The van der Waals surface area contributed by atoms with Crippen LogP contribution in [0.4, 0.5) is 0 Å². The lowest BCUT2D eigenvalue weighted by Gasteiger charge is -1.97. The van der Waals surface area contributed by atoms with E-state index >= 15 is 0 Å². The molecule has 0 N–H and O–H groups in total. The van der Waals surface area contributed by atoms with Crippen LogP contribution in [0, 0.1) is 0 Å². The van der Waals surface area contributed by atoms with Crippen LogP contribution >= 0.6 is 0 Å². The molecule has 0 unspecified atom stereocenters. The van der Waals surface area contributed by atoms with Gasteiger partial charge in [-0.1, -0.05) is 6.58 Å². The van der Waals surface area contributed by atoms with Crippen LogP contribution in [0.25, 0.3) is 0 Å². The van der Waals surface area contributed by atoms with Crippen LogP contribution in [0.1, 0.15) is 6.92 Å². The topological polar surface area (TPSA) is 26.3 Å². The van der Waals surface area contributed by atoms with Crippen molar-refractivity contribution in [2.24, 2.45) is 0 Å². The number of ether oxygens (including phenoxy) is 1. The summed E-state index contributed by atoms with van der Waals surface area (Å²) in [6, 6.07) is 0. The van der Waals surface area contributed by atoms with Gasteiger partial charge in [-0.05, 0) is 19.1 Å². The molecule has 0 bridgehead atoms. The van der Waals surface area contributed by atoms with Crippen molar-refractivity contribution in [3.63, 3.8) is 0 Å². The van der Waals surface area contributed by atoms with Gasteiger partial charge in [0.25, 0.3) is 0 Å². The maximum Gasteiger partial charge on any atom is 0.219 e. The highest BCUT2D eigenvalue weighted by atomic mass is 16.5. The molecular weight excluding hydrogens is 116 g/mol. The molecule has 2 nitrogen and oxygen atoms in total. The third-order valence-corrected chi connectivity index (χ3v) is 0.910. The maximum absolute atomic E-state index is 10.7. The van der Waals surface area contributed by atoms with Gasteiger partial charge in [-0.15, -0.1) is 0 Å². The van der Waals surface area contributed by atoms with E-state index in [-0.39, 0.29) is 5.78 Å². The molecule has 0 saturated carbocycles. The highest BCUT2D eigenvalue weighted by molar-refractivity contribution is 6.01. The van der Waals surface area contributed by atoms with E-state index in [1.54, 1.807) is 13.0 Å².